The Balaban J connectivity index is 2.42. The molecule has 0 aromatic heterocycles. The van der Waals surface area contributed by atoms with Crippen LogP contribution in [0.3, 0.4) is 0 Å². The fourth-order valence-electron chi connectivity index (χ4n) is 1.79. The Morgan fingerprint density at radius 2 is 2.19 bits per heavy atom. The molecule has 1 aliphatic heterocycles. The molecule has 1 aliphatic rings. The molecule has 16 heavy (non-hydrogen) atoms. The third-order valence-electron chi connectivity index (χ3n) is 2.62. The summed E-state index contributed by atoms with van der Waals surface area (Å²) in [6, 6.07) is -0.754. The molecule has 0 aromatic rings. The highest BCUT2D eigenvalue weighted by Gasteiger charge is 2.31. The molecule has 2 atom stereocenters. The number of alkyl halides is 3. The van der Waals surface area contributed by atoms with Crippen molar-refractivity contribution in [1.82, 2.24) is 10.2 Å². The maximum absolute atomic E-state index is 11.9. The van der Waals surface area contributed by atoms with Crippen LogP contribution in [0.15, 0.2) is 0 Å². The van der Waals surface area contributed by atoms with Crippen molar-refractivity contribution >= 4 is 6.03 Å². The van der Waals surface area contributed by atoms with Gasteiger partial charge in [-0.2, -0.15) is 13.2 Å². The van der Waals surface area contributed by atoms with E-state index in [0.29, 0.717) is 19.4 Å². The zero-order chi connectivity index (χ0) is 12.3. The Bertz CT molecular complexity index is 257. The summed E-state index contributed by atoms with van der Waals surface area (Å²) in [5.41, 5.74) is 5.69. The smallest absolute Gasteiger partial charge is 0.329 e. The molecule has 0 aliphatic carbocycles. The monoisotopic (exact) mass is 239 g/mol. The van der Waals surface area contributed by atoms with Crippen molar-refractivity contribution in [3.63, 3.8) is 0 Å². The van der Waals surface area contributed by atoms with Gasteiger partial charge in [-0.3, -0.25) is 0 Å². The first kappa shape index (κ1) is 13.1. The highest BCUT2D eigenvalue weighted by Crippen LogP contribution is 2.17. The highest BCUT2D eigenvalue weighted by atomic mass is 19.4. The van der Waals surface area contributed by atoms with Crippen molar-refractivity contribution in [2.24, 2.45) is 5.73 Å². The molecule has 2 unspecified atom stereocenters. The van der Waals surface area contributed by atoms with Crippen LogP contribution in [0.2, 0.25) is 0 Å². The van der Waals surface area contributed by atoms with Crippen LogP contribution in [0.4, 0.5) is 18.0 Å². The summed E-state index contributed by atoms with van der Waals surface area (Å²) in [6.07, 6.45) is -3.12. The quantitative estimate of drug-likeness (QED) is 0.719. The van der Waals surface area contributed by atoms with Gasteiger partial charge in [0.1, 0.15) is 6.54 Å². The topological polar surface area (TPSA) is 58.4 Å². The van der Waals surface area contributed by atoms with Gasteiger partial charge in [0.05, 0.1) is 0 Å². The van der Waals surface area contributed by atoms with Gasteiger partial charge in [-0.15, -0.1) is 0 Å². The second-order valence-electron chi connectivity index (χ2n) is 4.10. The number of halogens is 3. The summed E-state index contributed by atoms with van der Waals surface area (Å²) in [5, 5.41) is 1.86. The average Bonchev–Trinajstić information content (AvgIpc) is 2.13. The summed E-state index contributed by atoms with van der Waals surface area (Å²) >= 11 is 0. The molecule has 0 saturated carbocycles. The Kier molecular flexibility index (Phi) is 4.01. The number of carbonyl (C=O) groups is 1. The number of nitrogens with zero attached hydrogens (tertiary/aromatic N) is 1. The minimum Gasteiger partial charge on any atom is -0.329 e. The highest BCUT2D eigenvalue weighted by molar-refractivity contribution is 5.74. The molecule has 1 rings (SSSR count). The predicted octanol–water partition coefficient (Wildman–Crippen LogP) is 1.07. The second-order valence-corrected chi connectivity index (χ2v) is 4.10. The largest absolute Gasteiger partial charge is 0.405 e. The van der Waals surface area contributed by atoms with Gasteiger partial charge in [0.25, 0.3) is 0 Å². The lowest BCUT2D eigenvalue weighted by Crippen LogP contribution is -2.53. The van der Waals surface area contributed by atoms with Crippen LogP contribution in [0, 0.1) is 0 Å². The molecule has 1 fully saturated rings. The molecule has 4 nitrogen and oxygen atoms in total. The van der Waals surface area contributed by atoms with Crippen molar-refractivity contribution in [1.29, 1.82) is 0 Å². The molecular formula is C9H16F3N3O. The summed E-state index contributed by atoms with van der Waals surface area (Å²) in [4.78, 5) is 12.8. The molecule has 1 saturated heterocycles. The van der Waals surface area contributed by atoms with Crippen LogP contribution in [0.1, 0.15) is 19.8 Å². The number of nitrogens with two attached hydrogens (primary N) is 1. The van der Waals surface area contributed by atoms with E-state index in [1.807, 2.05) is 5.32 Å². The van der Waals surface area contributed by atoms with Gasteiger partial charge >= 0.3 is 12.2 Å². The first-order valence-electron chi connectivity index (χ1n) is 5.16. The lowest BCUT2D eigenvalue weighted by Gasteiger charge is -2.36. The average molecular weight is 239 g/mol. The summed E-state index contributed by atoms with van der Waals surface area (Å²) in [6.45, 7) is 0.902. The maximum atomic E-state index is 11.9. The fraction of sp³-hybridized carbons (Fsp3) is 0.889. The van der Waals surface area contributed by atoms with E-state index in [0.717, 1.165) is 0 Å². The van der Waals surface area contributed by atoms with Gasteiger partial charge in [-0.1, -0.05) is 0 Å². The molecule has 0 spiro atoms. The van der Waals surface area contributed by atoms with E-state index in [-0.39, 0.29) is 12.1 Å². The van der Waals surface area contributed by atoms with E-state index < -0.39 is 18.8 Å². The number of piperidine rings is 1. The van der Waals surface area contributed by atoms with E-state index in [1.54, 1.807) is 6.92 Å². The molecule has 0 radical (unpaired) electrons. The van der Waals surface area contributed by atoms with E-state index in [2.05, 4.69) is 0 Å². The zero-order valence-corrected chi connectivity index (χ0v) is 9.05. The van der Waals surface area contributed by atoms with Gasteiger partial charge in [-0.05, 0) is 19.8 Å². The van der Waals surface area contributed by atoms with Crippen molar-refractivity contribution in [2.45, 2.75) is 38.0 Å². The van der Waals surface area contributed by atoms with Crippen molar-refractivity contribution in [3.8, 4) is 0 Å². The number of amides is 2. The normalized spacial score (nSPS) is 26.7. The first-order chi connectivity index (χ1) is 7.29. The van der Waals surface area contributed by atoms with Crippen LogP contribution in [-0.4, -0.2) is 42.3 Å². The van der Waals surface area contributed by atoms with Crippen molar-refractivity contribution in [3.05, 3.63) is 0 Å². The summed E-state index contributed by atoms with van der Waals surface area (Å²) in [5.74, 6) is 0. The molecule has 0 aromatic carbocycles. The van der Waals surface area contributed by atoms with Gasteiger partial charge in [0, 0.05) is 18.6 Å². The minimum atomic E-state index is -4.37. The number of urea groups is 1. The number of rotatable bonds is 1. The summed E-state index contributed by atoms with van der Waals surface area (Å²) < 4.78 is 35.7. The van der Waals surface area contributed by atoms with Crippen LogP contribution < -0.4 is 11.1 Å². The van der Waals surface area contributed by atoms with Crippen LogP contribution in [-0.2, 0) is 0 Å². The number of carbonyl (C=O) groups excluding carboxylic acids is 1. The Morgan fingerprint density at radius 3 is 2.69 bits per heavy atom. The minimum absolute atomic E-state index is 0.0293. The van der Waals surface area contributed by atoms with E-state index in [4.69, 9.17) is 5.73 Å². The zero-order valence-electron chi connectivity index (χ0n) is 9.05. The second kappa shape index (κ2) is 4.90. The van der Waals surface area contributed by atoms with E-state index >= 15 is 0 Å². The fourth-order valence-corrected chi connectivity index (χ4v) is 1.79. The van der Waals surface area contributed by atoms with Crippen molar-refractivity contribution in [2.75, 3.05) is 13.1 Å². The van der Waals surface area contributed by atoms with E-state index in [1.165, 1.54) is 4.90 Å². The van der Waals surface area contributed by atoms with Crippen molar-refractivity contribution < 1.29 is 18.0 Å². The van der Waals surface area contributed by atoms with E-state index in [9.17, 15) is 18.0 Å². The lowest BCUT2D eigenvalue weighted by atomic mass is 10.00. The SMILES string of the molecule is CC1CC(N)CCN1C(=O)NCC(F)(F)F. The lowest BCUT2D eigenvalue weighted by molar-refractivity contribution is -0.123. The standard InChI is InChI=1S/C9H16F3N3O/c1-6-4-7(13)2-3-15(6)8(16)14-5-9(10,11)12/h6-7H,2-5,13H2,1H3,(H,14,16). The molecule has 94 valence electrons. The maximum Gasteiger partial charge on any atom is 0.405 e. The van der Waals surface area contributed by atoms with Gasteiger partial charge in [0.2, 0.25) is 0 Å². The predicted molar refractivity (Wildman–Crippen MR) is 52.8 cm³/mol. The third-order valence-corrected chi connectivity index (χ3v) is 2.62. The number of nitrogens with one attached hydrogen (secondary N) is 1. The summed E-state index contributed by atoms with van der Waals surface area (Å²) in [7, 11) is 0. The van der Waals surface area contributed by atoms with Crippen LogP contribution in [0.5, 0.6) is 0 Å². The van der Waals surface area contributed by atoms with Gasteiger partial charge in [0.15, 0.2) is 0 Å². The van der Waals surface area contributed by atoms with Gasteiger partial charge in [-0.25, -0.2) is 4.79 Å². The number of hydrogen-bond acceptors (Lipinski definition) is 2. The third kappa shape index (κ3) is 3.88. The molecule has 7 heteroatoms. The molecule has 1 heterocycles. The molecule has 0 bridgehead atoms. The van der Waals surface area contributed by atoms with Crippen LogP contribution >= 0.6 is 0 Å². The first-order valence-corrected chi connectivity index (χ1v) is 5.16. The molecule has 2 amide bonds. The van der Waals surface area contributed by atoms with Crippen LogP contribution in [0.25, 0.3) is 0 Å². The Labute approximate surface area is 92.0 Å². The molecular weight excluding hydrogens is 223 g/mol. The molecule has 3 N–H and O–H groups in total. The van der Waals surface area contributed by atoms with Gasteiger partial charge < -0.3 is 16.0 Å². The number of hydrogen-bond donors (Lipinski definition) is 2. The Hall–Kier alpha value is -0.980. The number of likely N-dealkylation sites (tertiary alicyclic amines) is 1. The Morgan fingerprint density at radius 1 is 1.56 bits per heavy atom.